The number of unbranched alkanes of at least 4 members (excludes halogenated alkanes) is 2. The summed E-state index contributed by atoms with van der Waals surface area (Å²) in [5.74, 6) is -0.474. The zero-order valence-electron chi connectivity index (χ0n) is 17.9. The maximum absolute atomic E-state index is 13.6. The van der Waals surface area contributed by atoms with E-state index in [4.69, 9.17) is 0 Å². The van der Waals surface area contributed by atoms with E-state index in [2.05, 4.69) is 6.92 Å². The molecule has 3 aromatic carbocycles. The van der Waals surface area contributed by atoms with Gasteiger partial charge in [-0.05, 0) is 47.7 Å². The second kappa shape index (κ2) is 8.68. The summed E-state index contributed by atoms with van der Waals surface area (Å²) in [6, 6.07) is 17.0. The van der Waals surface area contributed by atoms with Gasteiger partial charge in [0.2, 0.25) is 0 Å². The molecule has 1 heterocycles. The van der Waals surface area contributed by atoms with Crippen molar-refractivity contribution in [1.29, 1.82) is 0 Å². The Balaban J connectivity index is 1.88. The second-order valence-electron chi connectivity index (χ2n) is 8.08. The van der Waals surface area contributed by atoms with E-state index in [9.17, 15) is 15.0 Å². The van der Waals surface area contributed by atoms with Crippen molar-refractivity contribution in [2.75, 3.05) is 0 Å². The van der Waals surface area contributed by atoms with Crippen LogP contribution in [0.5, 0.6) is 11.5 Å². The first kappa shape index (κ1) is 20.7. The molecule has 0 fully saturated rings. The van der Waals surface area contributed by atoms with Crippen molar-refractivity contribution in [3.05, 3.63) is 83.7 Å². The maximum Gasteiger partial charge on any atom is 0.265 e. The molecule has 0 aliphatic rings. The molecule has 31 heavy (non-hydrogen) atoms. The van der Waals surface area contributed by atoms with Crippen LogP contribution < -0.4 is 0 Å². The average molecular weight is 414 g/mol. The lowest BCUT2D eigenvalue weighted by molar-refractivity contribution is 0.0957. The summed E-state index contributed by atoms with van der Waals surface area (Å²) in [6.07, 6.45) is 7.13. The molecule has 0 radical (unpaired) electrons. The summed E-state index contributed by atoms with van der Waals surface area (Å²) >= 11 is 0. The van der Waals surface area contributed by atoms with Gasteiger partial charge in [0.05, 0.1) is 11.1 Å². The van der Waals surface area contributed by atoms with Gasteiger partial charge in [0, 0.05) is 12.4 Å². The van der Waals surface area contributed by atoms with Gasteiger partial charge in [-0.2, -0.15) is 0 Å². The molecule has 4 rings (SSSR count). The predicted octanol–water partition coefficient (Wildman–Crippen LogP) is 6.45. The number of phenolic OH excluding ortho intramolecular Hbond substituents is 2. The van der Waals surface area contributed by atoms with Crippen LogP contribution in [0.3, 0.4) is 0 Å². The van der Waals surface area contributed by atoms with Gasteiger partial charge in [0.15, 0.2) is 0 Å². The summed E-state index contributed by atoms with van der Waals surface area (Å²) in [7, 11) is 0. The Bertz CT molecular complexity index is 1220. The summed E-state index contributed by atoms with van der Waals surface area (Å²) < 4.78 is 1.53. The number of carbonyl (C=O) groups is 1. The molecule has 4 nitrogen and oxygen atoms in total. The zero-order chi connectivity index (χ0) is 22.0. The van der Waals surface area contributed by atoms with Crippen molar-refractivity contribution in [2.45, 2.75) is 39.5 Å². The van der Waals surface area contributed by atoms with Crippen LogP contribution in [0, 0.1) is 6.92 Å². The number of phenols is 2. The Morgan fingerprint density at radius 1 is 0.935 bits per heavy atom. The van der Waals surface area contributed by atoms with Crippen molar-refractivity contribution in [3.8, 4) is 22.6 Å². The molecule has 0 atom stereocenters. The van der Waals surface area contributed by atoms with Gasteiger partial charge in [0.1, 0.15) is 11.5 Å². The van der Waals surface area contributed by atoms with Crippen molar-refractivity contribution in [1.82, 2.24) is 4.57 Å². The highest BCUT2D eigenvalue weighted by Gasteiger charge is 2.24. The van der Waals surface area contributed by atoms with Gasteiger partial charge in [-0.1, -0.05) is 73.9 Å². The molecule has 2 N–H and O–H groups in total. The molecule has 0 amide bonds. The number of rotatable bonds is 6. The summed E-state index contributed by atoms with van der Waals surface area (Å²) in [5.41, 5.74) is 2.91. The monoisotopic (exact) mass is 413 g/mol. The molecule has 0 saturated heterocycles. The summed E-state index contributed by atoms with van der Waals surface area (Å²) in [5, 5.41) is 24.0. The minimum absolute atomic E-state index is 0.0104. The van der Waals surface area contributed by atoms with Crippen LogP contribution in [0.25, 0.3) is 21.9 Å². The zero-order valence-corrected chi connectivity index (χ0v) is 17.9. The Morgan fingerprint density at radius 2 is 1.65 bits per heavy atom. The minimum Gasteiger partial charge on any atom is -0.507 e. The fourth-order valence-electron chi connectivity index (χ4n) is 4.12. The van der Waals surface area contributed by atoms with E-state index in [0.717, 1.165) is 35.6 Å². The highest BCUT2D eigenvalue weighted by atomic mass is 16.3. The van der Waals surface area contributed by atoms with Crippen molar-refractivity contribution in [2.24, 2.45) is 0 Å². The largest absolute Gasteiger partial charge is 0.507 e. The lowest BCUT2D eigenvalue weighted by Crippen LogP contribution is -2.13. The molecular formula is C27H27NO3. The fourth-order valence-corrected chi connectivity index (χ4v) is 4.12. The van der Waals surface area contributed by atoms with Gasteiger partial charge in [-0.3, -0.25) is 9.36 Å². The number of fused-ring (bicyclic) bond motifs is 1. The number of carbonyl (C=O) groups excluding carboxylic acids is 1. The highest BCUT2D eigenvalue weighted by Crippen LogP contribution is 2.42. The standard InChI is InChI=1S/C27H27NO3/c1-3-4-5-10-20-15-23(29)24(19-13-8-9-18(2)14-19)26(30)25(20)27(31)28-16-21-11-6-7-12-22(21)17-28/h6-9,11-17,29-30H,3-5,10H2,1-2H3. The first-order valence-corrected chi connectivity index (χ1v) is 10.8. The smallest absolute Gasteiger partial charge is 0.265 e. The molecular weight excluding hydrogens is 386 g/mol. The van der Waals surface area contributed by atoms with Gasteiger partial charge < -0.3 is 10.2 Å². The number of aromatic hydroxyl groups is 2. The first-order valence-electron chi connectivity index (χ1n) is 10.8. The van der Waals surface area contributed by atoms with E-state index in [0.29, 0.717) is 23.1 Å². The van der Waals surface area contributed by atoms with E-state index in [1.165, 1.54) is 4.57 Å². The third-order valence-electron chi connectivity index (χ3n) is 5.72. The van der Waals surface area contributed by atoms with E-state index < -0.39 is 0 Å². The van der Waals surface area contributed by atoms with Gasteiger partial charge >= 0.3 is 0 Å². The molecule has 0 saturated carbocycles. The second-order valence-corrected chi connectivity index (χ2v) is 8.08. The number of nitrogens with zero attached hydrogens (tertiary/aromatic N) is 1. The van der Waals surface area contributed by atoms with E-state index >= 15 is 0 Å². The lowest BCUT2D eigenvalue weighted by atomic mass is 9.92. The minimum atomic E-state index is -0.297. The molecule has 0 bridgehead atoms. The predicted molar refractivity (Wildman–Crippen MR) is 125 cm³/mol. The molecule has 158 valence electrons. The van der Waals surface area contributed by atoms with Crippen LogP contribution in [0.15, 0.2) is 67.0 Å². The van der Waals surface area contributed by atoms with Crippen LogP contribution in [-0.4, -0.2) is 20.7 Å². The number of aryl methyl sites for hydroxylation is 2. The van der Waals surface area contributed by atoms with Gasteiger partial charge in [-0.25, -0.2) is 0 Å². The van der Waals surface area contributed by atoms with Crippen LogP contribution in [0.1, 0.15) is 47.7 Å². The SMILES string of the molecule is CCCCCc1cc(O)c(-c2cccc(C)c2)c(O)c1C(=O)n1cc2ccccc2c1. The quantitative estimate of drug-likeness (QED) is 0.357. The first-order chi connectivity index (χ1) is 15.0. The van der Waals surface area contributed by atoms with Crippen LogP contribution in [0.2, 0.25) is 0 Å². The maximum atomic E-state index is 13.6. The average Bonchev–Trinajstić information content (AvgIpc) is 3.18. The Labute approximate surface area is 182 Å². The molecule has 0 aliphatic heterocycles. The highest BCUT2D eigenvalue weighted by molar-refractivity contribution is 6.04. The van der Waals surface area contributed by atoms with Crippen molar-refractivity contribution >= 4 is 16.7 Å². The fraction of sp³-hybridized carbons (Fsp3) is 0.222. The number of benzene rings is 3. The molecule has 1 aromatic heterocycles. The van der Waals surface area contributed by atoms with Gasteiger partial charge in [-0.15, -0.1) is 0 Å². The lowest BCUT2D eigenvalue weighted by Gasteiger charge is -2.17. The van der Waals surface area contributed by atoms with E-state index in [1.807, 2.05) is 55.5 Å². The Morgan fingerprint density at radius 3 is 2.29 bits per heavy atom. The van der Waals surface area contributed by atoms with Crippen LogP contribution >= 0.6 is 0 Å². The summed E-state index contributed by atoms with van der Waals surface area (Å²) in [6.45, 7) is 4.07. The van der Waals surface area contributed by atoms with Crippen LogP contribution in [-0.2, 0) is 6.42 Å². The number of hydrogen-bond donors (Lipinski definition) is 2. The van der Waals surface area contributed by atoms with Crippen molar-refractivity contribution in [3.63, 3.8) is 0 Å². The molecule has 0 aliphatic carbocycles. The summed E-state index contributed by atoms with van der Waals surface area (Å²) in [4.78, 5) is 13.6. The Hall–Kier alpha value is -3.53. The Kier molecular flexibility index (Phi) is 5.81. The normalized spacial score (nSPS) is 11.2. The van der Waals surface area contributed by atoms with Crippen LogP contribution in [0.4, 0.5) is 0 Å². The van der Waals surface area contributed by atoms with E-state index in [-0.39, 0.29) is 23.0 Å². The molecule has 0 spiro atoms. The van der Waals surface area contributed by atoms with E-state index in [1.54, 1.807) is 18.5 Å². The third kappa shape index (κ3) is 4.06. The molecule has 0 unspecified atom stereocenters. The molecule has 4 aromatic rings. The number of hydrogen-bond acceptors (Lipinski definition) is 3. The topological polar surface area (TPSA) is 62.5 Å². The molecule has 4 heteroatoms. The number of aromatic nitrogens is 1. The van der Waals surface area contributed by atoms with Crippen molar-refractivity contribution < 1.29 is 15.0 Å². The third-order valence-corrected chi connectivity index (χ3v) is 5.72. The van der Waals surface area contributed by atoms with Gasteiger partial charge in [0.25, 0.3) is 5.91 Å².